The highest BCUT2D eigenvalue weighted by Gasteiger charge is 2.15. The molecule has 0 spiro atoms. The van der Waals surface area contributed by atoms with Crippen LogP contribution in [0, 0.1) is 3.57 Å². The maximum absolute atomic E-state index is 5.51. The average Bonchev–Trinajstić information content (AvgIpc) is 2.69. The minimum Gasteiger partial charge on any atom is -0.376 e. The van der Waals surface area contributed by atoms with Crippen molar-refractivity contribution >= 4 is 28.4 Å². The number of nitrogens with zero attached hydrogens (tertiary/aromatic N) is 2. The van der Waals surface area contributed by atoms with Gasteiger partial charge in [0.25, 0.3) is 0 Å². The Kier molecular flexibility index (Phi) is 3.52. The first kappa shape index (κ1) is 10.1. The van der Waals surface area contributed by atoms with E-state index in [1.807, 2.05) is 0 Å². The highest BCUT2D eigenvalue weighted by Crippen LogP contribution is 2.15. The van der Waals surface area contributed by atoms with Gasteiger partial charge in [-0.05, 0) is 35.4 Å². The number of anilines is 1. The molecule has 0 amide bonds. The van der Waals surface area contributed by atoms with Gasteiger partial charge in [-0.1, -0.05) is 0 Å². The summed E-state index contributed by atoms with van der Waals surface area (Å²) in [5.41, 5.74) is 0. The van der Waals surface area contributed by atoms with Gasteiger partial charge in [0.05, 0.1) is 9.67 Å². The molecule has 0 radical (unpaired) electrons. The lowest BCUT2D eigenvalue weighted by Gasteiger charge is -2.11. The minimum absolute atomic E-state index is 0.348. The van der Waals surface area contributed by atoms with E-state index < -0.39 is 0 Å². The zero-order chi connectivity index (χ0) is 9.80. The first-order valence-corrected chi connectivity index (χ1v) is 5.75. The summed E-state index contributed by atoms with van der Waals surface area (Å²) in [4.78, 5) is 8.09. The number of hydrogen-bond acceptors (Lipinski definition) is 4. The summed E-state index contributed by atoms with van der Waals surface area (Å²) in [7, 11) is 0. The van der Waals surface area contributed by atoms with Gasteiger partial charge in [0.15, 0.2) is 0 Å². The van der Waals surface area contributed by atoms with Crippen molar-refractivity contribution in [2.24, 2.45) is 0 Å². The van der Waals surface area contributed by atoms with Crippen LogP contribution in [-0.4, -0.2) is 29.2 Å². The molecular weight excluding hydrogens is 293 g/mol. The van der Waals surface area contributed by atoms with E-state index in [0.29, 0.717) is 6.10 Å². The molecule has 0 bridgehead atoms. The summed E-state index contributed by atoms with van der Waals surface area (Å²) in [5, 5.41) is 3.27. The van der Waals surface area contributed by atoms with E-state index in [9.17, 15) is 0 Å². The van der Waals surface area contributed by atoms with Crippen LogP contribution in [0.15, 0.2) is 12.5 Å². The second-order valence-electron chi connectivity index (χ2n) is 3.24. The molecule has 1 atom stereocenters. The molecule has 1 aromatic rings. The molecule has 1 unspecified atom stereocenters. The molecule has 2 rings (SSSR count). The van der Waals surface area contributed by atoms with E-state index in [4.69, 9.17) is 4.74 Å². The van der Waals surface area contributed by atoms with Crippen LogP contribution in [0.3, 0.4) is 0 Å². The predicted molar refractivity (Wildman–Crippen MR) is 62.2 cm³/mol. The topological polar surface area (TPSA) is 47.0 Å². The van der Waals surface area contributed by atoms with Gasteiger partial charge in [0.1, 0.15) is 12.1 Å². The fraction of sp³-hybridized carbons (Fsp3) is 0.556. The Morgan fingerprint density at radius 3 is 3.29 bits per heavy atom. The summed E-state index contributed by atoms with van der Waals surface area (Å²) in [6.45, 7) is 1.74. The molecule has 1 aliphatic rings. The Hall–Kier alpha value is -0.430. The van der Waals surface area contributed by atoms with Crippen LogP contribution in [0.5, 0.6) is 0 Å². The molecule has 0 aromatic carbocycles. The SMILES string of the molecule is Ic1cncnc1NCC1CCCO1. The average molecular weight is 305 g/mol. The van der Waals surface area contributed by atoms with E-state index in [2.05, 4.69) is 37.9 Å². The molecule has 4 nitrogen and oxygen atoms in total. The molecule has 0 saturated carbocycles. The molecule has 1 aromatic heterocycles. The van der Waals surface area contributed by atoms with Gasteiger partial charge < -0.3 is 10.1 Å². The van der Waals surface area contributed by atoms with E-state index >= 15 is 0 Å². The van der Waals surface area contributed by atoms with Crippen molar-refractivity contribution in [3.8, 4) is 0 Å². The molecule has 1 N–H and O–H groups in total. The standard InChI is InChI=1S/C9H12IN3O/c10-8-5-11-6-13-9(8)12-4-7-2-1-3-14-7/h5-7H,1-4H2,(H,11,12,13). The van der Waals surface area contributed by atoms with E-state index in [1.165, 1.54) is 6.42 Å². The van der Waals surface area contributed by atoms with Crippen molar-refractivity contribution < 1.29 is 4.74 Å². The summed E-state index contributed by atoms with van der Waals surface area (Å²) in [5.74, 6) is 0.899. The van der Waals surface area contributed by atoms with Crippen LogP contribution in [-0.2, 0) is 4.74 Å². The lowest BCUT2D eigenvalue weighted by Crippen LogP contribution is -2.19. The van der Waals surface area contributed by atoms with Gasteiger partial charge in [-0.2, -0.15) is 0 Å². The smallest absolute Gasteiger partial charge is 0.142 e. The summed E-state index contributed by atoms with van der Waals surface area (Å²) < 4.78 is 6.55. The number of nitrogens with one attached hydrogen (secondary N) is 1. The van der Waals surface area contributed by atoms with Crippen molar-refractivity contribution in [1.29, 1.82) is 0 Å². The van der Waals surface area contributed by atoms with E-state index in [-0.39, 0.29) is 0 Å². The highest BCUT2D eigenvalue weighted by molar-refractivity contribution is 14.1. The van der Waals surface area contributed by atoms with Crippen LogP contribution < -0.4 is 5.32 Å². The van der Waals surface area contributed by atoms with Crippen LogP contribution in [0.25, 0.3) is 0 Å². The van der Waals surface area contributed by atoms with Crippen LogP contribution in [0.2, 0.25) is 0 Å². The third-order valence-electron chi connectivity index (χ3n) is 2.19. The maximum Gasteiger partial charge on any atom is 0.142 e. The maximum atomic E-state index is 5.51. The van der Waals surface area contributed by atoms with Crippen molar-refractivity contribution in [2.75, 3.05) is 18.5 Å². The molecule has 1 saturated heterocycles. The Morgan fingerprint density at radius 1 is 1.64 bits per heavy atom. The largest absolute Gasteiger partial charge is 0.376 e. The van der Waals surface area contributed by atoms with Gasteiger partial charge in [0, 0.05) is 19.3 Å². The Morgan fingerprint density at radius 2 is 2.57 bits per heavy atom. The molecule has 5 heteroatoms. The molecular formula is C9H12IN3O. The van der Waals surface area contributed by atoms with Gasteiger partial charge in [-0.15, -0.1) is 0 Å². The Labute approximate surface area is 96.6 Å². The predicted octanol–water partition coefficient (Wildman–Crippen LogP) is 1.67. The highest BCUT2D eigenvalue weighted by atomic mass is 127. The third kappa shape index (κ3) is 2.54. The lowest BCUT2D eigenvalue weighted by atomic mass is 10.2. The molecule has 14 heavy (non-hydrogen) atoms. The van der Waals surface area contributed by atoms with Crippen molar-refractivity contribution in [2.45, 2.75) is 18.9 Å². The second-order valence-corrected chi connectivity index (χ2v) is 4.40. The number of rotatable bonds is 3. The van der Waals surface area contributed by atoms with Crippen LogP contribution in [0.4, 0.5) is 5.82 Å². The number of halogens is 1. The first-order valence-electron chi connectivity index (χ1n) is 4.67. The van der Waals surface area contributed by atoms with Gasteiger partial charge >= 0.3 is 0 Å². The minimum atomic E-state index is 0.348. The normalized spacial score (nSPS) is 21.1. The van der Waals surface area contributed by atoms with Crippen molar-refractivity contribution in [3.05, 3.63) is 16.1 Å². The zero-order valence-electron chi connectivity index (χ0n) is 7.74. The summed E-state index contributed by atoms with van der Waals surface area (Å²) >= 11 is 2.22. The number of ether oxygens (including phenoxy) is 1. The fourth-order valence-corrected chi connectivity index (χ4v) is 1.95. The molecule has 0 aliphatic carbocycles. The van der Waals surface area contributed by atoms with Gasteiger partial charge in [-0.3, -0.25) is 0 Å². The Balaban J connectivity index is 1.88. The van der Waals surface area contributed by atoms with Crippen LogP contribution >= 0.6 is 22.6 Å². The van der Waals surface area contributed by atoms with Gasteiger partial charge in [-0.25, -0.2) is 9.97 Å². The third-order valence-corrected chi connectivity index (χ3v) is 2.98. The molecule has 2 heterocycles. The summed E-state index contributed by atoms with van der Waals surface area (Å²) in [6.07, 6.45) is 6.02. The van der Waals surface area contributed by atoms with Crippen molar-refractivity contribution in [1.82, 2.24) is 9.97 Å². The van der Waals surface area contributed by atoms with E-state index in [1.54, 1.807) is 12.5 Å². The monoisotopic (exact) mass is 305 g/mol. The number of hydrogen-bond donors (Lipinski definition) is 1. The molecule has 1 fully saturated rings. The Bertz CT molecular complexity index is 302. The summed E-state index contributed by atoms with van der Waals surface area (Å²) in [6, 6.07) is 0. The fourth-order valence-electron chi connectivity index (χ4n) is 1.46. The lowest BCUT2D eigenvalue weighted by molar-refractivity contribution is 0.120. The molecule has 1 aliphatic heterocycles. The molecule has 76 valence electrons. The van der Waals surface area contributed by atoms with Gasteiger partial charge in [0.2, 0.25) is 0 Å². The second kappa shape index (κ2) is 4.88. The number of aromatic nitrogens is 2. The van der Waals surface area contributed by atoms with Crippen molar-refractivity contribution in [3.63, 3.8) is 0 Å². The van der Waals surface area contributed by atoms with E-state index in [0.717, 1.165) is 29.0 Å². The zero-order valence-corrected chi connectivity index (χ0v) is 9.90. The first-order chi connectivity index (χ1) is 6.86. The quantitative estimate of drug-likeness (QED) is 0.863. The van der Waals surface area contributed by atoms with Crippen LogP contribution in [0.1, 0.15) is 12.8 Å².